The largest absolute Gasteiger partial charge is 0.372 e. The SMILES string of the molecule is CC(Sc1nnc2n(Cc3ccccc3)c(=O)c3c4c(sc3n12)COC(C(C)C)C4)C(=O)Nc1ccccc1. The van der Waals surface area contributed by atoms with Gasteiger partial charge in [0.2, 0.25) is 11.7 Å². The monoisotopic (exact) mass is 559 g/mol. The molecule has 8 nitrogen and oxygen atoms in total. The number of fused-ring (bicyclic) bond motifs is 5. The molecule has 0 radical (unpaired) electrons. The molecule has 1 N–H and O–H groups in total. The Balaban J connectivity index is 1.46. The summed E-state index contributed by atoms with van der Waals surface area (Å²) in [5.74, 6) is 0.679. The number of hydrogen-bond acceptors (Lipinski definition) is 7. The maximum Gasteiger partial charge on any atom is 0.264 e. The Labute approximate surface area is 234 Å². The van der Waals surface area contributed by atoms with Crippen LogP contribution in [0.25, 0.3) is 16.0 Å². The zero-order valence-electron chi connectivity index (χ0n) is 22.0. The van der Waals surface area contributed by atoms with Crippen molar-refractivity contribution in [2.45, 2.75) is 56.9 Å². The molecule has 200 valence electrons. The lowest BCUT2D eigenvalue weighted by atomic mass is 9.96. The number of hydrogen-bond donors (Lipinski definition) is 1. The summed E-state index contributed by atoms with van der Waals surface area (Å²) in [5.41, 5.74) is 2.74. The third kappa shape index (κ3) is 4.88. The second kappa shape index (κ2) is 10.6. The molecule has 2 unspecified atom stereocenters. The van der Waals surface area contributed by atoms with Gasteiger partial charge in [-0.3, -0.25) is 14.2 Å². The smallest absolute Gasteiger partial charge is 0.264 e. The van der Waals surface area contributed by atoms with Crippen LogP contribution in [-0.4, -0.2) is 36.4 Å². The first-order valence-corrected chi connectivity index (χ1v) is 14.7. The summed E-state index contributed by atoms with van der Waals surface area (Å²) >= 11 is 2.89. The minimum Gasteiger partial charge on any atom is -0.372 e. The molecular formula is C29H29N5O3S2. The molecule has 0 saturated heterocycles. The fourth-order valence-corrected chi connectivity index (χ4v) is 7.03. The van der Waals surface area contributed by atoms with Crippen LogP contribution in [0.4, 0.5) is 5.69 Å². The fraction of sp³-hybridized carbons (Fsp3) is 0.310. The Bertz CT molecular complexity index is 1710. The normalized spacial score (nSPS) is 16.1. The van der Waals surface area contributed by atoms with Gasteiger partial charge in [0.25, 0.3) is 5.56 Å². The van der Waals surface area contributed by atoms with Gasteiger partial charge >= 0.3 is 0 Å². The number of carbonyl (C=O) groups excluding carboxylic acids is 1. The third-order valence-corrected chi connectivity index (χ3v) is 9.28. The van der Waals surface area contributed by atoms with Gasteiger partial charge in [-0.25, -0.2) is 4.40 Å². The third-order valence-electron chi connectivity index (χ3n) is 7.05. The van der Waals surface area contributed by atoms with Crippen LogP contribution in [-0.2, 0) is 29.1 Å². The molecule has 0 fully saturated rings. The van der Waals surface area contributed by atoms with E-state index >= 15 is 0 Å². The molecule has 0 spiro atoms. The molecule has 1 amide bonds. The summed E-state index contributed by atoms with van der Waals surface area (Å²) < 4.78 is 9.79. The number of nitrogens with one attached hydrogen (secondary N) is 1. The average Bonchev–Trinajstić information content (AvgIpc) is 3.53. The maximum absolute atomic E-state index is 14.1. The van der Waals surface area contributed by atoms with Crippen LogP contribution in [0.3, 0.4) is 0 Å². The number of ether oxygens (including phenoxy) is 1. The molecule has 4 heterocycles. The van der Waals surface area contributed by atoms with Crippen LogP contribution < -0.4 is 10.9 Å². The predicted molar refractivity (Wildman–Crippen MR) is 156 cm³/mol. The lowest BCUT2D eigenvalue weighted by Crippen LogP contribution is -2.28. The summed E-state index contributed by atoms with van der Waals surface area (Å²) in [6, 6.07) is 19.3. The second-order valence-electron chi connectivity index (χ2n) is 10.1. The van der Waals surface area contributed by atoms with Gasteiger partial charge in [0, 0.05) is 17.0 Å². The number of nitrogens with zero attached hydrogens (tertiary/aromatic N) is 4. The average molecular weight is 560 g/mol. The number of amides is 1. The summed E-state index contributed by atoms with van der Waals surface area (Å²) in [6.07, 6.45) is 0.754. The highest BCUT2D eigenvalue weighted by atomic mass is 32.2. The number of aromatic nitrogens is 4. The van der Waals surface area contributed by atoms with Crippen molar-refractivity contribution in [3.63, 3.8) is 0 Å². The van der Waals surface area contributed by atoms with Crippen molar-refractivity contribution >= 4 is 50.7 Å². The molecular weight excluding hydrogens is 530 g/mol. The topological polar surface area (TPSA) is 90.5 Å². The van der Waals surface area contributed by atoms with E-state index in [2.05, 4.69) is 29.4 Å². The Morgan fingerprint density at radius 2 is 1.82 bits per heavy atom. The number of anilines is 1. The lowest BCUT2D eigenvalue weighted by molar-refractivity contribution is -0.115. The standard InChI is InChI=1S/C29H29N5O3S2/c1-17(2)22-14-21-23(16-37-22)39-27-24(21)26(36)33(15-19-10-6-4-7-11-19)28-31-32-29(34(27)28)38-18(3)25(35)30-20-12-8-5-9-13-20/h4-13,17-18,22H,14-16H2,1-3H3,(H,30,35). The van der Waals surface area contributed by atoms with Crippen molar-refractivity contribution in [1.82, 2.24) is 19.2 Å². The molecule has 1 aliphatic heterocycles. The molecule has 0 aliphatic carbocycles. The van der Waals surface area contributed by atoms with Gasteiger partial charge in [-0.2, -0.15) is 0 Å². The minimum absolute atomic E-state index is 0.0597. The highest BCUT2D eigenvalue weighted by Gasteiger charge is 2.30. The van der Waals surface area contributed by atoms with Crippen LogP contribution >= 0.6 is 23.1 Å². The zero-order valence-corrected chi connectivity index (χ0v) is 23.6. The number of para-hydroxylation sites is 1. The Kier molecular flexibility index (Phi) is 7.01. The number of benzene rings is 2. The first kappa shape index (κ1) is 25.8. The molecule has 10 heteroatoms. The van der Waals surface area contributed by atoms with Crippen LogP contribution in [0.2, 0.25) is 0 Å². The predicted octanol–water partition coefficient (Wildman–Crippen LogP) is 5.37. The molecule has 5 aromatic rings. The molecule has 2 aromatic carbocycles. The van der Waals surface area contributed by atoms with E-state index in [9.17, 15) is 9.59 Å². The minimum atomic E-state index is -0.439. The van der Waals surface area contributed by atoms with Gasteiger partial charge < -0.3 is 10.1 Å². The Morgan fingerprint density at radius 3 is 2.54 bits per heavy atom. The van der Waals surface area contributed by atoms with Crippen molar-refractivity contribution < 1.29 is 9.53 Å². The highest BCUT2D eigenvalue weighted by Crippen LogP contribution is 2.37. The number of carbonyl (C=O) groups is 1. The van der Waals surface area contributed by atoms with Crippen LogP contribution in [0.15, 0.2) is 70.6 Å². The number of thioether (sulfide) groups is 1. The Morgan fingerprint density at radius 1 is 1.10 bits per heavy atom. The molecule has 6 rings (SSSR count). The van der Waals surface area contributed by atoms with E-state index in [1.807, 2.05) is 72.0 Å². The van der Waals surface area contributed by atoms with E-state index in [4.69, 9.17) is 4.74 Å². The molecule has 2 atom stereocenters. The van der Waals surface area contributed by atoms with E-state index in [1.54, 1.807) is 15.9 Å². The quantitative estimate of drug-likeness (QED) is 0.270. The summed E-state index contributed by atoms with van der Waals surface area (Å²) in [4.78, 5) is 29.0. The van der Waals surface area contributed by atoms with Crippen LogP contribution in [0.1, 0.15) is 36.8 Å². The molecule has 0 bridgehead atoms. The van der Waals surface area contributed by atoms with E-state index in [0.29, 0.717) is 41.8 Å². The lowest BCUT2D eigenvalue weighted by Gasteiger charge is -2.26. The van der Waals surface area contributed by atoms with Crippen LogP contribution in [0.5, 0.6) is 0 Å². The summed E-state index contributed by atoms with van der Waals surface area (Å²) in [5, 5.41) is 12.8. The van der Waals surface area contributed by atoms with Crippen molar-refractivity contribution in [2.75, 3.05) is 5.32 Å². The van der Waals surface area contributed by atoms with Crippen LogP contribution in [0, 0.1) is 5.92 Å². The number of rotatable bonds is 7. The van der Waals surface area contributed by atoms with Crippen molar-refractivity contribution in [3.05, 3.63) is 87.0 Å². The van der Waals surface area contributed by atoms with Gasteiger partial charge in [0.1, 0.15) is 4.83 Å². The first-order valence-electron chi connectivity index (χ1n) is 13.0. The number of thiophene rings is 1. The van der Waals surface area contributed by atoms with Crippen molar-refractivity contribution in [3.8, 4) is 0 Å². The van der Waals surface area contributed by atoms with Gasteiger partial charge in [-0.15, -0.1) is 21.5 Å². The van der Waals surface area contributed by atoms with Gasteiger partial charge in [-0.1, -0.05) is 74.1 Å². The zero-order chi connectivity index (χ0) is 27.1. The Hall–Kier alpha value is -3.47. The van der Waals surface area contributed by atoms with Crippen molar-refractivity contribution in [2.24, 2.45) is 5.92 Å². The van der Waals surface area contributed by atoms with Gasteiger partial charge in [0.05, 0.1) is 29.9 Å². The second-order valence-corrected chi connectivity index (χ2v) is 12.5. The van der Waals surface area contributed by atoms with E-state index in [0.717, 1.165) is 26.5 Å². The highest BCUT2D eigenvalue weighted by molar-refractivity contribution is 8.00. The first-order chi connectivity index (χ1) is 18.9. The molecule has 0 saturated carbocycles. The summed E-state index contributed by atoms with van der Waals surface area (Å²) in [6.45, 7) is 7.00. The van der Waals surface area contributed by atoms with E-state index < -0.39 is 5.25 Å². The molecule has 1 aliphatic rings. The molecule has 39 heavy (non-hydrogen) atoms. The van der Waals surface area contributed by atoms with Gasteiger partial charge in [-0.05, 0) is 36.1 Å². The fourth-order valence-electron chi connectivity index (χ4n) is 4.88. The van der Waals surface area contributed by atoms with Crippen molar-refractivity contribution in [1.29, 1.82) is 0 Å². The maximum atomic E-state index is 14.1. The van der Waals surface area contributed by atoms with E-state index in [-0.39, 0.29) is 17.6 Å². The van der Waals surface area contributed by atoms with Gasteiger partial charge in [0.15, 0.2) is 5.16 Å². The summed E-state index contributed by atoms with van der Waals surface area (Å²) in [7, 11) is 0. The molecule has 3 aromatic heterocycles. The van der Waals surface area contributed by atoms with E-state index in [1.165, 1.54) is 11.8 Å².